The predicted octanol–water partition coefficient (Wildman–Crippen LogP) is 2.77. The summed E-state index contributed by atoms with van der Waals surface area (Å²) in [4.78, 5) is 10.2. The Hall–Kier alpha value is -2.89. The summed E-state index contributed by atoms with van der Waals surface area (Å²) in [7, 11) is 0. The van der Waals surface area contributed by atoms with Crippen molar-refractivity contribution in [2.24, 2.45) is 5.73 Å². The number of amidine groups is 1. The van der Waals surface area contributed by atoms with Crippen LogP contribution in [0.15, 0.2) is 42.5 Å². The monoisotopic (exact) mass is 285 g/mol. The van der Waals surface area contributed by atoms with E-state index in [0.29, 0.717) is 23.5 Å². The van der Waals surface area contributed by atoms with Gasteiger partial charge in [0.25, 0.3) is 5.69 Å². The molecule has 2 aromatic carbocycles. The highest BCUT2D eigenvalue weighted by molar-refractivity contribution is 5.95. The highest BCUT2D eigenvalue weighted by Crippen LogP contribution is 2.24. The molecule has 0 bridgehead atoms. The highest BCUT2D eigenvalue weighted by Gasteiger charge is 2.09. The van der Waals surface area contributed by atoms with E-state index < -0.39 is 4.92 Å². The third-order valence-corrected chi connectivity index (χ3v) is 3.00. The number of rotatable bonds is 5. The number of hydrogen-bond donors (Lipinski definition) is 2. The van der Waals surface area contributed by atoms with Crippen molar-refractivity contribution in [1.82, 2.24) is 0 Å². The molecule has 0 aliphatic rings. The van der Waals surface area contributed by atoms with Gasteiger partial charge in [-0.1, -0.05) is 18.2 Å². The van der Waals surface area contributed by atoms with Crippen molar-refractivity contribution < 1.29 is 9.66 Å². The molecule has 0 aliphatic heterocycles. The van der Waals surface area contributed by atoms with Gasteiger partial charge < -0.3 is 10.5 Å². The van der Waals surface area contributed by atoms with E-state index in [9.17, 15) is 10.1 Å². The van der Waals surface area contributed by atoms with Crippen LogP contribution in [0.2, 0.25) is 0 Å². The van der Waals surface area contributed by atoms with Crippen LogP contribution in [0.5, 0.6) is 5.75 Å². The summed E-state index contributed by atoms with van der Waals surface area (Å²) in [6.07, 6.45) is 0. The van der Waals surface area contributed by atoms with Gasteiger partial charge in [0.15, 0.2) is 0 Å². The summed E-state index contributed by atoms with van der Waals surface area (Å²) in [5.41, 5.74) is 7.69. The molecule has 0 radical (unpaired) electrons. The normalized spacial score (nSPS) is 10.1. The van der Waals surface area contributed by atoms with Crippen molar-refractivity contribution in [2.75, 3.05) is 0 Å². The molecule has 0 saturated carbocycles. The van der Waals surface area contributed by atoms with Crippen LogP contribution in [0.3, 0.4) is 0 Å². The largest absolute Gasteiger partial charge is 0.489 e. The second kappa shape index (κ2) is 6.04. The Labute approximate surface area is 121 Å². The molecule has 21 heavy (non-hydrogen) atoms. The molecule has 2 rings (SSSR count). The molecular formula is C15H15N3O3. The summed E-state index contributed by atoms with van der Waals surface area (Å²) in [5, 5.41) is 18.1. The van der Waals surface area contributed by atoms with E-state index in [1.54, 1.807) is 31.2 Å². The number of nitro benzene ring substituents is 1. The van der Waals surface area contributed by atoms with E-state index in [-0.39, 0.29) is 11.5 Å². The van der Waals surface area contributed by atoms with Crippen LogP contribution in [0, 0.1) is 22.4 Å². The number of nitro groups is 1. The lowest BCUT2D eigenvalue weighted by atomic mass is 10.1. The van der Waals surface area contributed by atoms with Gasteiger partial charge >= 0.3 is 0 Å². The first-order valence-electron chi connectivity index (χ1n) is 6.28. The van der Waals surface area contributed by atoms with Gasteiger partial charge in [0, 0.05) is 17.7 Å². The fourth-order valence-corrected chi connectivity index (χ4v) is 1.90. The average Bonchev–Trinajstić information content (AvgIpc) is 2.46. The maximum Gasteiger partial charge on any atom is 0.269 e. The fraction of sp³-hybridized carbons (Fsp3) is 0.133. The molecule has 2 aromatic rings. The second-order valence-corrected chi connectivity index (χ2v) is 4.61. The van der Waals surface area contributed by atoms with E-state index in [0.717, 1.165) is 5.56 Å². The molecule has 6 heteroatoms. The summed E-state index contributed by atoms with van der Waals surface area (Å²) in [6, 6.07) is 11.7. The minimum Gasteiger partial charge on any atom is -0.489 e. The lowest BCUT2D eigenvalue weighted by molar-refractivity contribution is -0.384. The molecule has 0 spiro atoms. The Kier molecular flexibility index (Phi) is 4.18. The molecule has 0 atom stereocenters. The van der Waals surface area contributed by atoms with Gasteiger partial charge in [-0.2, -0.15) is 0 Å². The van der Waals surface area contributed by atoms with Crippen LogP contribution in [0.4, 0.5) is 5.69 Å². The van der Waals surface area contributed by atoms with Gasteiger partial charge in [0.2, 0.25) is 0 Å². The second-order valence-electron chi connectivity index (χ2n) is 4.61. The van der Waals surface area contributed by atoms with E-state index >= 15 is 0 Å². The summed E-state index contributed by atoms with van der Waals surface area (Å²) >= 11 is 0. The van der Waals surface area contributed by atoms with Gasteiger partial charge in [-0.3, -0.25) is 15.5 Å². The first-order valence-corrected chi connectivity index (χ1v) is 6.28. The van der Waals surface area contributed by atoms with E-state index in [4.69, 9.17) is 15.9 Å². The van der Waals surface area contributed by atoms with Crippen molar-refractivity contribution in [3.8, 4) is 5.75 Å². The first kappa shape index (κ1) is 14.5. The minimum atomic E-state index is -0.437. The van der Waals surface area contributed by atoms with Crippen molar-refractivity contribution >= 4 is 11.5 Å². The maximum absolute atomic E-state index is 10.7. The molecule has 0 aliphatic carbocycles. The number of nitrogens with one attached hydrogen (secondary N) is 1. The molecule has 0 aromatic heterocycles. The lowest BCUT2D eigenvalue weighted by Crippen LogP contribution is -2.11. The first-order chi connectivity index (χ1) is 9.97. The van der Waals surface area contributed by atoms with Crippen molar-refractivity contribution in [2.45, 2.75) is 13.5 Å². The van der Waals surface area contributed by atoms with Gasteiger partial charge in [-0.25, -0.2) is 0 Å². The summed E-state index contributed by atoms with van der Waals surface area (Å²) < 4.78 is 5.66. The SMILES string of the molecule is Cc1cc([N+](=O)[O-])ccc1OCc1cccc(C(=N)N)c1. The predicted molar refractivity (Wildman–Crippen MR) is 79.6 cm³/mol. The van der Waals surface area contributed by atoms with Crippen molar-refractivity contribution in [1.29, 1.82) is 5.41 Å². The van der Waals surface area contributed by atoms with E-state index in [2.05, 4.69) is 0 Å². The number of non-ortho nitro benzene ring substituents is 1. The summed E-state index contributed by atoms with van der Waals surface area (Å²) in [6.45, 7) is 2.06. The zero-order valence-electron chi connectivity index (χ0n) is 11.5. The molecule has 0 saturated heterocycles. The van der Waals surface area contributed by atoms with Crippen LogP contribution in [0.25, 0.3) is 0 Å². The van der Waals surface area contributed by atoms with Crippen molar-refractivity contribution in [3.05, 3.63) is 69.3 Å². The Bertz CT molecular complexity index is 698. The van der Waals surface area contributed by atoms with Crippen LogP contribution >= 0.6 is 0 Å². The number of aryl methyl sites for hydroxylation is 1. The van der Waals surface area contributed by atoms with E-state index in [1.165, 1.54) is 12.1 Å². The quantitative estimate of drug-likeness (QED) is 0.381. The Morgan fingerprint density at radius 2 is 2.10 bits per heavy atom. The smallest absolute Gasteiger partial charge is 0.269 e. The molecular weight excluding hydrogens is 270 g/mol. The highest BCUT2D eigenvalue weighted by atomic mass is 16.6. The molecule has 6 nitrogen and oxygen atoms in total. The maximum atomic E-state index is 10.7. The van der Waals surface area contributed by atoms with Gasteiger partial charge in [0.05, 0.1) is 4.92 Å². The molecule has 0 heterocycles. The summed E-state index contributed by atoms with van der Waals surface area (Å²) in [5.74, 6) is 0.595. The number of hydrogen-bond acceptors (Lipinski definition) is 4. The minimum absolute atomic E-state index is 0.00312. The molecule has 0 amide bonds. The third-order valence-electron chi connectivity index (χ3n) is 3.00. The van der Waals surface area contributed by atoms with Crippen molar-refractivity contribution in [3.63, 3.8) is 0 Å². The lowest BCUT2D eigenvalue weighted by Gasteiger charge is -2.09. The number of nitrogens with two attached hydrogens (primary N) is 1. The Morgan fingerprint density at radius 3 is 2.71 bits per heavy atom. The van der Waals surface area contributed by atoms with Crippen LogP contribution in [0.1, 0.15) is 16.7 Å². The van der Waals surface area contributed by atoms with Crippen LogP contribution in [-0.4, -0.2) is 10.8 Å². The average molecular weight is 285 g/mol. The number of nitrogen functional groups attached to an aromatic ring is 1. The third kappa shape index (κ3) is 3.56. The molecule has 108 valence electrons. The molecule has 0 unspecified atom stereocenters. The number of nitrogens with zero attached hydrogens (tertiary/aromatic N) is 1. The fourth-order valence-electron chi connectivity index (χ4n) is 1.90. The zero-order chi connectivity index (χ0) is 15.4. The van der Waals surface area contributed by atoms with Gasteiger partial charge in [-0.15, -0.1) is 0 Å². The van der Waals surface area contributed by atoms with Gasteiger partial charge in [-0.05, 0) is 30.2 Å². The van der Waals surface area contributed by atoms with Gasteiger partial charge in [0.1, 0.15) is 18.2 Å². The van der Waals surface area contributed by atoms with Crippen LogP contribution < -0.4 is 10.5 Å². The Morgan fingerprint density at radius 1 is 1.33 bits per heavy atom. The number of benzene rings is 2. The number of ether oxygens (including phenoxy) is 1. The molecule has 0 fully saturated rings. The van der Waals surface area contributed by atoms with Crippen LogP contribution in [-0.2, 0) is 6.61 Å². The van der Waals surface area contributed by atoms with E-state index in [1.807, 2.05) is 6.07 Å². The zero-order valence-corrected chi connectivity index (χ0v) is 11.5. The molecule has 3 N–H and O–H groups in total. The standard InChI is InChI=1S/C15H15N3O3/c1-10-7-13(18(19)20)5-6-14(10)21-9-11-3-2-4-12(8-11)15(16)17/h2-8H,9H2,1H3,(H3,16,17). The Balaban J connectivity index is 2.11. The topological polar surface area (TPSA) is 102 Å².